The second-order valence-electron chi connectivity index (χ2n) is 11.2. The van der Waals surface area contributed by atoms with Crippen molar-refractivity contribution in [2.45, 2.75) is 68.9 Å². The fraction of sp³-hybridized carbons (Fsp3) is 0.406. The fourth-order valence-corrected chi connectivity index (χ4v) is 8.00. The number of ether oxygens (including phenoxy) is 1. The van der Waals surface area contributed by atoms with E-state index in [2.05, 4.69) is 20.6 Å². The molecule has 2 aromatic carbocycles. The lowest BCUT2D eigenvalue weighted by Crippen LogP contribution is -2.38. The third-order valence-corrected chi connectivity index (χ3v) is 10.4. The molecule has 2 aliphatic rings. The highest BCUT2D eigenvalue weighted by Crippen LogP contribution is 2.38. The van der Waals surface area contributed by atoms with E-state index in [1.54, 1.807) is 12.4 Å². The number of anilines is 1. The van der Waals surface area contributed by atoms with Crippen LogP contribution >= 0.6 is 0 Å². The van der Waals surface area contributed by atoms with Crippen LogP contribution in [-0.4, -0.2) is 47.8 Å². The van der Waals surface area contributed by atoms with Gasteiger partial charge in [-0.25, -0.2) is 23.4 Å². The lowest BCUT2D eigenvalue weighted by Gasteiger charge is -2.23. The summed E-state index contributed by atoms with van der Waals surface area (Å²) in [7, 11) is -3.24. The molecule has 1 atom stereocenters. The van der Waals surface area contributed by atoms with E-state index in [1.807, 2.05) is 55.5 Å². The molecule has 9 heteroatoms. The van der Waals surface area contributed by atoms with Crippen LogP contribution in [0.25, 0.3) is 22.0 Å². The first-order valence-electron chi connectivity index (χ1n) is 14.6. The number of nitrogens with zero attached hydrogens (tertiary/aromatic N) is 3. The highest BCUT2D eigenvalue weighted by molar-refractivity contribution is 7.91. The molecule has 6 rings (SSSR count). The Bertz CT molecular complexity index is 1630. The van der Waals surface area contributed by atoms with E-state index in [4.69, 9.17) is 9.72 Å². The van der Waals surface area contributed by atoms with Gasteiger partial charge < -0.3 is 15.4 Å². The van der Waals surface area contributed by atoms with Gasteiger partial charge in [-0.2, -0.15) is 0 Å². The minimum atomic E-state index is -3.24. The monoisotopic (exact) mass is 571 g/mol. The second-order valence-corrected chi connectivity index (χ2v) is 13.5. The number of hydrogen-bond donors (Lipinski definition) is 2. The summed E-state index contributed by atoms with van der Waals surface area (Å²) < 4.78 is 33.2. The number of aromatic nitrogens is 3. The lowest BCUT2D eigenvalue weighted by atomic mass is 10.0. The van der Waals surface area contributed by atoms with Crippen LogP contribution in [0.2, 0.25) is 0 Å². The van der Waals surface area contributed by atoms with Gasteiger partial charge in [0.05, 0.1) is 22.3 Å². The van der Waals surface area contributed by atoms with Gasteiger partial charge in [-0.15, -0.1) is 0 Å². The average molecular weight is 572 g/mol. The molecule has 0 spiro atoms. The molecule has 0 radical (unpaired) electrons. The average Bonchev–Trinajstić information content (AvgIpc) is 3.00. The van der Waals surface area contributed by atoms with Crippen molar-refractivity contribution in [3.05, 3.63) is 72.1 Å². The maximum atomic E-state index is 13.3. The van der Waals surface area contributed by atoms with Gasteiger partial charge >= 0.3 is 0 Å². The summed E-state index contributed by atoms with van der Waals surface area (Å²) in [4.78, 5) is 13.8. The van der Waals surface area contributed by atoms with E-state index in [9.17, 15) is 8.42 Å². The van der Waals surface area contributed by atoms with Crippen LogP contribution in [0.15, 0.2) is 60.9 Å². The molecule has 2 fully saturated rings. The Labute approximate surface area is 241 Å². The first-order chi connectivity index (χ1) is 20.0. The Morgan fingerprint density at radius 2 is 1.80 bits per heavy atom. The Hall–Kier alpha value is -3.56. The molecule has 214 valence electrons. The Balaban J connectivity index is 1.31. The molecular formula is C32H37N5O3S. The van der Waals surface area contributed by atoms with Gasteiger partial charge in [0.2, 0.25) is 11.8 Å². The number of piperidine rings is 1. The van der Waals surface area contributed by atoms with Crippen molar-refractivity contribution < 1.29 is 13.2 Å². The molecule has 1 aliphatic carbocycles. The maximum Gasteiger partial charge on any atom is 0.228 e. The van der Waals surface area contributed by atoms with Crippen molar-refractivity contribution in [1.82, 2.24) is 20.3 Å². The van der Waals surface area contributed by atoms with Crippen LogP contribution in [0, 0.1) is 6.92 Å². The quantitative estimate of drug-likeness (QED) is 0.257. The van der Waals surface area contributed by atoms with E-state index >= 15 is 0 Å². The van der Waals surface area contributed by atoms with E-state index in [0.29, 0.717) is 23.3 Å². The third-order valence-electron chi connectivity index (χ3n) is 8.25. The smallest absolute Gasteiger partial charge is 0.228 e. The largest absolute Gasteiger partial charge is 0.437 e. The summed E-state index contributed by atoms with van der Waals surface area (Å²) in [5.41, 5.74) is 3.22. The molecule has 1 aliphatic heterocycles. The van der Waals surface area contributed by atoms with Crippen molar-refractivity contribution in [2.24, 2.45) is 0 Å². The van der Waals surface area contributed by atoms with Crippen molar-refractivity contribution in [3.8, 4) is 22.9 Å². The Kier molecular flexibility index (Phi) is 8.16. The molecule has 0 bridgehead atoms. The lowest BCUT2D eigenvalue weighted by molar-refractivity contribution is 0.466. The van der Waals surface area contributed by atoms with Crippen LogP contribution in [-0.2, 0) is 15.6 Å². The number of rotatable bonds is 8. The summed E-state index contributed by atoms with van der Waals surface area (Å²) in [6.45, 7) is 3.92. The number of sulfone groups is 1. The van der Waals surface area contributed by atoms with Crippen LogP contribution < -0.4 is 15.4 Å². The second kappa shape index (κ2) is 12.1. The number of benzene rings is 2. The molecule has 3 heterocycles. The van der Waals surface area contributed by atoms with Crippen molar-refractivity contribution in [3.63, 3.8) is 0 Å². The predicted octanol–water partition coefficient (Wildman–Crippen LogP) is 6.20. The van der Waals surface area contributed by atoms with Crippen molar-refractivity contribution >= 4 is 26.6 Å². The number of aryl methyl sites for hydroxylation is 1. The fourth-order valence-electron chi connectivity index (χ4n) is 6.02. The summed E-state index contributed by atoms with van der Waals surface area (Å²) in [6, 6.07) is 15.8. The summed E-state index contributed by atoms with van der Waals surface area (Å²) in [5, 5.41) is 8.37. The van der Waals surface area contributed by atoms with Gasteiger partial charge in [0.1, 0.15) is 5.75 Å². The van der Waals surface area contributed by atoms with Crippen LogP contribution in [0.5, 0.6) is 11.6 Å². The van der Waals surface area contributed by atoms with E-state index in [0.717, 1.165) is 85.5 Å². The predicted molar refractivity (Wildman–Crippen MR) is 163 cm³/mol. The first kappa shape index (κ1) is 27.6. The molecule has 8 nitrogen and oxygen atoms in total. The first-order valence-corrected chi connectivity index (χ1v) is 16.4. The highest BCUT2D eigenvalue weighted by atomic mass is 32.2. The zero-order valence-electron chi connectivity index (χ0n) is 23.5. The molecule has 41 heavy (non-hydrogen) atoms. The van der Waals surface area contributed by atoms with Gasteiger partial charge in [0.25, 0.3) is 0 Å². The molecule has 1 saturated heterocycles. The minimum Gasteiger partial charge on any atom is -0.437 e. The SMILES string of the molecule is Cc1ccc2c(CS(=O)(=O)C3CCCCC3)cccc2c1Oc1ncccc1-c1ccnc(N[C@H]2CCCNC2)n1. The number of nitrogens with one attached hydrogen (secondary N) is 2. The third kappa shape index (κ3) is 6.21. The van der Waals surface area contributed by atoms with Crippen molar-refractivity contribution in [1.29, 1.82) is 0 Å². The highest BCUT2D eigenvalue weighted by Gasteiger charge is 2.28. The number of pyridine rings is 1. The van der Waals surface area contributed by atoms with Gasteiger partial charge in [0, 0.05) is 30.4 Å². The van der Waals surface area contributed by atoms with E-state index in [-0.39, 0.29) is 17.0 Å². The molecular weight excluding hydrogens is 534 g/mol. The summed E-state index contributed by atoms with van der Waals surface area (Å²) >= 11 is 0. The van der Waals surface area contributed by atoms with Gasteiger partial charge in [0.15, 0.2) is 9.84 Å². The number of fused-ring (bicyclic) bond motifs is 1. The minimum absolute atomic E-state index is 0.0412. The zero-order chi connectivity index (χ0) is 28.2. The van der Waals surface area contributed by atoms with E-state index in [1.165, 1.54) is 0 Å². The zero-order valence-corrected chi connectivity index (χ0v) is 24.3. The molecule has 1 saturated carbocycles. The molecule has 4 aromatic rings. The van der Waals surface area contributed by atoms with Crippen LogP contribution in [0.4, 0.5) is 5.95 Å². The Morgan fingerprint density at radius 1 is 0.927 bits per heavy atom. The normalized spacial score (nSPS) is 18.3. The van der Waals surface area contributed by atoms with Crippen LogP contribution in [0.3, 0.4) is 0 Å². The molecule has 2 N–H and O–H groups in total. The van der Waals surface area contributed by atoms with Gasteiger partial charge in [-0.05, 0) is 73.9 Å². The van der Waals surface area contributed by atoms with Gasteiger partial charge in [-0.3, -0.25) is 0 Å². The van der Waals surface area contributed by atoms with Gasteiger partial charge in [-0.1, -0.05) is 49.6 Å². The number of hydrogen-bond acceptors (Lipinski definition) is 8. The van der Waals surface area contributed by atoms with Crippen LogP contribution in [0.1, 0.15) is 56.1 Å². The van der Waals surface area contributed by atoms with Crippen molar-refractivity contribution in [2.75, 3.05) is 18.4 Å². The summed E-state index contributed by atoms with van der Waals surface area (Å²) in [6.07, 6.45) is 10.3. The summed E-state index contributed by atoms with van der Waals surface area (Å²) in [5.74, 6) is 1.73. The Morgan fingerprint density at radius 3 is 2.63 bits per heavy atom. The molecule has 0 unspecified atom stereocenters. The van der Waals surface area contributed by atoms with E-state index < -0.39 is 9.84 Å². The molecule has 0 amide bonds. The standard InChI is InChI=1S/C32H37N5O3S/c1-22-14-15-26-23(21-41(38,39)25-10-3-2-4-11-25)8-5-12-27(26)30(22)40-31-28(13-7-18-34-31)29-16-19-35-32(37-29)36-24-9-6-17-33-20-24/h5,7-8,12-16,18-19,24-25,33H,2-4,6,9-11,17,20-21H2,1H3,(H,35,36,37)/t24-/m0/s1. The topological polar surface area (TPSA) is 106 Å². The maximum absolute atomic E-state index is 13.3. The molecule has 2 aromatic heterocycles.